The van der Waals surface area contributed by atoms with Gasteiger partial charge in [0.15, 0.2) is 6.04 Å². The van der Waals surface area contributed by atoms with E-state index in [-0.39, 0.29) is 11.9 Å². The van der Waals surface area contributed by atoms with Crippen LogP contribution in [0.5, 0.6) is 0 Å². The molecule has 1 aliphatic heterocycles. The third kappa shape index (κ3) is 4.32. The summed E-state index contributed by atoms with van der Waals surface area (Å²) >= 11 is 12.1. The molecule has 0 saturated carbocycles. The van der Waals surface area contributed by atoms with Crippen LogP contribution in [0.3, 0.4) is 0 Å². The summed E-state index contributed by atoms with van der Waals surface area (Å²) in [6.07, 6.45) is 0. The van der Waals surface area contributed by atoms with Gasteiger partial charge < -0.3 is 15.1 Å². The van der Waals surface area contributed by atoms with Crippen LogP contribution in [0.4, 0.5) is 11.4 Å². The average Bonchev–Trinajstić information content (AvgIpc) is 2.64. The molecule has 0 bridgehead atoms. The van der Waals surface area contributed by atoms with E-state index in [0.29, 0.717) is 15.7 Å². The molecule has 1 atom stereocenters. The van der Waals surface area contributed by atoms with Crippen molar-refractivity contribution in [1.29, 1.82) is 0 Å². The number of hydrogen-bond donors (Lipinski definition) is 2. The first-order chi connectivity index (χ1) is 12.5. The van der Waals surface area contributed by atoms with E-state index in [1.54, 1.807) is 18.2 Å². The normalized spacial score (nSPS) is 16.4. The van der Waals surface area contributed by atoms with Gasteiger partial charge in [-0.25, -0.2) is 0 Å². The third-order valence-corrected chi connectivity index (χ3v) is 5.60. The second kappa shape index (κ2) is 8.30. The predicted molar refractivity (Wildman–Crippen MR) is 109 cm³/mol. The Morgan fingerprint density at radius 3 is 2.50 bits per heavy atom. The predicted octanol–water partition coefficient (Wildman–Crippen LogP) is 3.03. The molecule has 1 amide bonds. The lowest BCUT2D eigenvalue weighted by Crippen LogP contribution is -3.19. The van der Waals surface area contributed by atoms with Gasteiger partial charge in [-0.1, -0.05) is 41.4 Å². The maximum Gasteiger partial charge on any atom is 0.282 e. The smallest absolute Gasteiger partial charge is 0.282 e. The molecule has 1 aliphatic rings. The molecule has 1 saturated heterocycles. The van der Waals surface area contributed by atoms with Gasteiger partial charge in [-0.15, -0.1) is 0 Å². The fourth-order valence-corrected chi connectivity index (χ4v) is 3.86. The number of carbonyl (C=O) groups is 1. The van der Waals surface area contributed by atoms with Crippen LogP contribution in [0, 0.1) is 6.92 Å². The minimum absolute atomic E-state index is 0.0198. The quantitative estimate of drug-likeness (QED) is 0.838. The van der Waals surface area contributed by atoms with Gasteiger partial charge in [-0.3, -0.25) is 4.79 Å². The number of hydrogen-bond acceptors (Lipinski definition) is 2. The Labute approximate surface area is 164 Å². The van der Waals surface area contributed by atoms with E-state index < -0.39 is 0 Å². The topological polar surface area (TPSA) is 36.8 Å². The van der Waals surface area contributed by atoms with Crippen LogP contribution in [0.15, 0.2) is 42.5 Å². The number of carbonyl (C=O) groups excluding carboxylic acids is 1. The standard InChI is InChI=1S/C20H23Cl2N3O/c1-14-5-3-4-6-19(14)25-11-9-24(10-12-25)15(2)20(26)23-18-8-7-16(21)13-17(18)22/h3-8,13,15H,9-12H2,1-2H3,(H,23,26)/p+1/t15-/m1/s1. The number of rotatable bonds is 4. The summed E-state index contributed by atoms with van der Waals surface area (Å²) in [7, 11) is 0. The van der Waals surface area contributed by atoms with Crippen molar-refractivity contribution in [1.82, 2.24) is 0 Å². The number of quaternary nitrogens is 1. The van der Waals surface area contributed by atoms with E-state index in [1.165, 1.54) is 16.2 Å². The van der Waals surface area contributed by atoms with E-state index in [2.05, 4.69) is 41.4 Å². The summed E-state index contributed by atoms with van der Waals surface area (Å²) < 4.78 is 0. The fourth-order valence-electron chi connectivity index (χ4n) is 3.40. The monoisotopic (exact) mass is 392 g/mol. The lowest BCUT2D eigenvalue weighted by Gasteiger charge is -2.36. The molecule has 0 spiro atoms. The number of nitrogens with one attached hydrogen (secondary N) is 2. The first kappa shape index (κ1) is 19.0. The van der Waals surface area contributed by atoms with Crippen molar-refractivity contribution in [3.8, 4) is 0 Å². The summed E-state index contributed by atoms with van der Waals surface area (Å²) in [5.74, 6) is -0.0198. The average molecular weight is 393 g/mol. The zero-order chi connectivity index (χ0) is 18.7. The van der Waals surface area contributed by atoms with Crippen molar-refractivity contribution >= 4 is 40.5 Å². The molecule has 2 aromatic rings. The van der Waals surface area contributed by atoms with E-state index in [0.717, 1.165) is 26.2 Å². The van der Waals surface area contributed by atoms with Crippen LogP contribution in [-0.4, -0.2) is 38.1 Å². The molecule has 0 aliphatic carbocycles. The molecule has 2 N–H and O–H groups in total. The molecule has 3 rings (SSSR count). The van der Waals surface area contributed by atoms with Gasteiger partial charge in [0.25, 0.3) is 5.91 Å². The Morgan fingerprint density at radius 1 is 1.15 bits per heavy atom. The minimum atomic E-state index is -0.138. The minimum Gasteiger partial charge on any atom is -0.360 e. The first-order valence-electron chi connectivity index (χ1n) is 8.87. The van der Waals surface area contributed by atoms with Crippen LogP contribution in [0.1, 0.15) is 12.5 Å². The third-order valence-electron chi connectivity index (χ3n) is 5.06. The fraction of sp³-hybridized carbons (Fsp3) is 0.350. The summed E-state index contributed by atoms with van der Waals surface area (Å²) in [5, 5.41) is 3.93. The van der Waals surface area contributed by atoms with Gasteiger partial charge in [0.05, 0.1) is 36.9 Å². The van der Waals surface area contributed by atoms with Gasteiger partial charge in [0.2, 0.25) is 0 Å². The largest absolute Gasteiger partial charge is 0.360 e. The highest BCUT2D eigenvalue weighted by atomic mass is 35.5. The number of benzene rings is 2. The molecule has 26 heavy (non-hydrogen) atoms. The van der Waals surface area contributed by atoms with Crippen LogP contribution in [0.2, 0.25) is 10.0 Å². The lowest BCUT2D eigenvalue weighted by atomic mass is 10.1. The molecule has 2 aromatic carbocycles. The highest BCUT2D eigenvalue weighted by Crippen LogP contribution is 2.25. The molecule has 1 fully saturated rings. The molecule has 1 heterocycles. The van der Waals surface area contributed by atoms with Crippen LogP contribution in [-0.2, 0) is 4.79 Å². The van der Waals surface area contributed by atoms with Gasteiger partial charge >= 0.3 is 0 Å². The molecular formula is C20H24Cl2N3O+. The van der Waals surface area contributed by atoms with E-state index in [9.17, 15) is 4.79 Å². The van der Waals surface area contributed by atoms with Gasteiger partial charge in [0, 0.05) is 10.7 Å². The highest BCUT2D eigenvalue weighted by Gasteiger charge is 2.29. The molecule has 0 aromatic heterocycles. The Hall–Kier alpha value is -1.75. The van der Waals surface area contributed by atoms with Crippen molar-refractivity contribution in [2.24, 2.45) is 0 Å². The summed E-state index contributed by atoms with van der Waals surface area (Å²) in [4.78, 5) is 16.3. The van der Waals surface area contributed by atoms with E-state index >= 15 is 0 Å². The SMILES string of the molecule is Cc1ccccc1N1CC[NH+]([C@H](C)C(=O)Nc2ccc(Cl)cc2Cl)CC1. The number of amides is 1. The molecule has 0 unspecified atom stereocenters. The summed E-state index contributed by atoms with van der Waals surface area (Å²) in [6.45, 7) is 7.85. The summed E-state index contributed by atoms with van der Waals surface area (Å²) in [5.41, 5.74) is 3.18. The van der Waals surface area contributed by atoms with Crippen LogP contribution >= 0.6 is 23.2 Å². The number of halogens is 2. The molecular weight excluding hydrogens is 369 g/mol. The Kier molecular flexibility index (Phi) is 6.07. The zero-order valence-electron chi connectivity index (χ0n) is 15.1. The van der Waals surface area contributed by atoms with Gasteiger partial charge in [0.1, 0.15) is 0 Å². The van der Waals surface area contributed by atoms with Gasteiger partial charge in [-0.05, 0) is 43.7 Å². The number of para-hydroxylation sites is 1. The van der Waals surface area contributed by atoms with E-state index in [1.807, 2.05) is 6.92 Å². The Bertz CT molecular complexity index is 788. The summed E-state index contributed by atoms with van der Waals surface area (Å²) in [6, 6.07) is 13.4. The van der Waals surface area contributed by atoms with E-state index in [4.69, 9.17) is 23.2 Å². The molecule has 4 nitrogen and oxygen atoms in total. The second-order valence-corrected chi connectivity index (χ2v) is 7.61. The maximum absolute atomic E-state index is 12.6. The number of aryl methyl sites for hydroxylation is 1. The number of piperazine rings is 1. The second-order valence-electron chi connectivity index (χ2n) is 6.77. The van der Waals surface area contributed by atoms with Gasteiger partial charge in [-0.2, -0.15) is 0 Å². The highest BCUT2D eigenvalue weighted by molar-refractivity contribution is 6.36. The zero-order valence-corrected chi connectivity index (χ0v) is 16.6. The first-order valence-corrected chi connectivity index (χ1v) is 9.62. The van der Waals surface area contributed by atoms with Crippen LogP contribution < -0.4 is 15.1 Å². The molecule has 138 valence electrons. The van der Waals surface area contributed by atoms with Crippen molar-refractivity contribution < 1.29 is 9.69 Å². The van der Waals surface area contributed by atoms with Crippen molar-refractivity contribution in [2.45, 2.75) is 19.9 Å². The van der Waals surface area contributed by atoms with Crippen LogP contribution in [0.25, 0.3) is 0 Å². The Morgan fingerprint density at radius 2 is 1.85 bits per heavy atom. The maximum atomic E-state index is 12.6. The van der Waals surface area contributed by atoms with Crippen molar-refractivity contribution in [3.63, 3.8) is 0 Å². The molecule has 6 heteroatoms. The number of nitrogens with zero attached hydrogens (tertiary/aromatic N) is 1. The number of anilines is 2. The Balaban J connectivity index is 1.58. The molecule has 0 radical (unpaired) electrons. The van der Waals surface area contributed by atoms with Crippen molar-refractivity contribution in [2.75, 3.05) is 36.4 Å². The van der Waals surface area contributed by atoms with Crippen molar-refractivity contribution in [3.05, 3.63) is 58.1 Å². The lowest BCUT2D eigenvalue weighted by molar-refractivity contribution is -0.914.